The van der Waals surface area contributed by atoms with Gasteiger partial charge in [-0.1, -0.05) is 19.8 Å². The molecule has 0 bridgehead atoms. The molecule has 0 heterocycles. The first-order valence-corrected chi connectivity index (χ1v) is 5.86. The smallest absolute Gasteiger partial charge is 0.366 e. The van der Waals surface area contributed by atoms with Crippen LogP contribution < -0.4 is 5.73 Å². The third kappa shape index (κ3) is 3.75. The molecular weight excluding hydrogens is 243 g/mol. The maximum Gasteiger partial charge on any atom is 0.416 e. The highest BCUT2D eigenvalue weighted by Gasteiger charge is 2.31. The number of hydrogen-bond donors (Lipinski definition) is 1. The van der Waals surface area contributed by atoms with Gasteiger partial charge >= 0.3 is 6.18 Å². The summed E-state index contributed by atoms with van der Waals surface area (Å²) >= 11 is 0. The number of nitrogens with two attached hydrogens (primary N) is 1. The van der Waals surface area contributed by atoms with E-state index in [1.807, 2.05) is 6.92 Å². The average Bonchev–Trinajstić information content (AvgIpc) is 2.27. The van der Waals surface area contributed by atoms with E-state index in [1.165, 1.54) is 0 Å². The molecule has 0 spiro atoms. The van der Waals surface area contributed by atoms with Crippen molar-refractivity contribution in [1.82, 2.24) is 0 Å². The second-order valence-electron chi connectivity index (χ2n) is 4.19. The predicted molar refractivity (Wildman–Crippen MR) is 63.2 cm³/mol. The van der Waals surface area contributed by atoms with E-state index in [2.05, 4.69) is 0 Å². The zero-order valence-corrected chi connectivity index (χ0v) is 10.2. The van der Waals surface area contributed by atoms with E-state index in [0.29, 0.717) is 12.0 Å². The summed E-state index contributed by atoms with van der Waals surface area (Å²) in [6, 6.07) is 3.08. The number of primary amides is 1. The second-order valence-corrected chi connectivity index (χ2v) is 4.19. The monoisotopic (exact) mass is 259 g/mol. The fourth-order valence-electron chi connectivity index (χ4n) is 1.78. The van der Waals surface area contributed by atoms with Crippen molar-refractivity contribution in [2.75, 3.05) is 0 Å². The van der Waals surface area contributed by atoms with Crippen LogP contribution in [0, 0.1) is 0 Å². The number of aryl methyl sites for hydroxylation is 1. The van der Waals surface area contributed by atoms with Crippen LogP contribution in [-0.2, 0) is 12.6 Å². The van der Waals surface area contributed by atoms with E-state index >= 15 is 0 Å². The fourth-order valence-corrected chi connectivity index (χ4v) is 1.78. The van der Waals surface area contributed by atoms with E-state index in [9.17, 15) is 18.0 Å². The number of unbranched alkanes of at least 4 members (excludes halogenated alkanes) is 2. The number of rotatable bonds is 5. The first kappa shape index (κ1) is 14.5. The molecule has 0 saturated carbocycles. The lowest BCUT2D eigenvalue weighted by molar-refractivity contribution is -0.137. The quantitative estimate of drug-likeness (QED) is 0.807. The average molecular weight is 259 g/mol. The van der Waals surface area contributed by atoms with E-state index in [-0.39, 0.29) is 5.56 Å². The molecule has 0 fully saturated rings. The van der Waals surface area contributed by atoms with Crippen LogP contribution in [0.5, 0.6) is 0 Å². The van der Waals surface area contributed by atoms with Gasteiger partial charge in [0.1, 0.15) is 0 Å². The van der Waals surface area contributed by atoms with Crippen LogP contribution in [0.4, 0.5) is 13.2 Å². The lowest BCUT2D eigenvalue weighted by Gasteiger charge is -2.11. The number of alkyl halides is 3. The molecule has 0 unspecified atom stereocenters. The fraction of sp³-hybridized carbons (Fsp3) is 0.462. The highest BCUT2D eigenvalue weighted by molar-refractivity contribution is 5.94. The van der Waals surface area contributed by atoms with Crippen LogP contribution in [-0.4, -0.2) is 5.91 Å². The van der Waals surface area contributed by atoms with Gasteiger partial charge in [0.25, 0.3) is 0 Å². The standard InChI is InChI=1S/C13H16F3NO/c1-2-3-4-5-9-8-10(13(14,15)16)6-7-11(9)12(17)18/h6-8H,2-5H2,1H3,(H2,17,18). The van der Waals surface area contributed by atoms with Crippen molar-refractivity contribution in [3.63, 3.8) is 0 Å². The predicted octanol–water partition coefficient (Wildman–Crippen LogP) is 3.54. The highest BCUT2D eigenvalue weighted by Crippen LogP contribution is 2.31. The van der Waals surface area contributed by atoms with Crippen molar-refractivity contribution in [1.29, 1.82) is 0 Å². The Labute approximate surface area is 104 Å². The van der Waals surface area contributed by atoms with Gasteiger partial charge in [0.05, 0.1) is 5.56 Å². The molecule has 100 valence electrons. The largest absolute Gasteiger partial charge is 0.416 e. The van der Waals surface area contributed by atoms with Crippen molar-refractivity contribution >= 4 is 5.91 Å². The molecule has 0 aliphatic heterocycles. The molecular formula is C13H16F3NO. The maximum atomic E-state index is 12.6. The minimum absolute atomic E-state index is 0.180. The van der Waals surface area contributed by atoms with Crippen molar-refractivity contribution in [2.24, 2.45) is 5.73 Å². The first-order chi connectivity index (χ1) is 8.36. The van der Waals surface area contributed by atoms with Gasteiger partial charge in [-0.15, -0.1) is 0 Å². The topological polar surface area (TPSA) is 43.1 Å². The van der Waals surface area contributed by atoms with Gasteiger partial charge < -0.3 is 5.73 Å². The number of carbonyl (C=O) groups excluding carboxylic acids is 1. The van der Waals surface area contributed by atoms with Crippen LogP contribution in [0.1, 0.15) is 47.7 Å². The number of amides is 1. The summed E-state index contributed by atoms with van der Waals surface area (Å²) in [5.41, 5.74) is 4.98. The second kappa shape index (κ2) is 5.89. The number of hydrogen-bond acceptors (Lipinski definition) is 1. The van der Waals surface area contributed by atoms with Gasteiger partial charge in [-0.3, -0.25) is 4.79 Å². The van der Waals surface area contributed by atoms with Crippen LogP contribution in [0.3, 0.4) is 0 Å². The SMILES string of the molecule is CCCCCc1cc(C(F)(F)F)ccc1C(N)=O. The van der Waals surface area contributed by atoms with Gasteiger partial charge in [0.15, 0.2) is 0 Å². The van der Waals surface area contributed by atoms with Gasteiger partial charge in [-0.05, 0) is 36.6 Å². The van der Waals surface area contributed by atoms with Gasteiger partial charge in [0, 0.05) is 5.56 Å². The molecule has 0 saturated heterocycles. The third-order valence-corrected chi connectivity index (χ3v) is 2.75. The third-order valence-electron chi connectivity index (χ3n) is 2.75. The maximum absolute atomic E-state index is 12.6. The minimum atomic E-state index is -4.39. The summed E-state index contributed by atoms with van der Waals surface area (Å²) in [6.45, 7) is 2.00. The zero-order valence-electron chi connectivity index (χ0n) is 10.2. The molecule has 5 heteroatoms. The Morgan fingerprint density at radius 2 is 1.94 bits per heavy atom. The molecule has 1 aromatic carbocycles. The van der Waals surface area contributed by atoms with Crippen LogP contribution in [0.15, 0.2) is 18.2 Å². The summed E-state index contributed by atoms with van der Waals surface area (Å²) in [7, 11) is 0. The van der Waals surface area contributed by atoms with E-state index in [0.717, 1.165) is 37.5 Å². The molecule has 1 aromatic rings. The van der Waals surface area contributed by atoms with Gasteiger partial charge in [0.2, 0.25) is 5.91 Å². The molecule has 0 radical (unpaired) electrons. The Bertz CT molecular complexity index is 427. The summed E-state index contributed by atoms with van der Waals surface area (Å²) in [5, 5.41) is 0. The normalized spacial score (nSPS) is 11.6. The Morgan fingerprint density at radius 3 is 2.44 bits per heavy atom. The molecule has 18 heavy (non-hydrogen) atoms. The van der Waals surface area contributed by atoms with E-state index in [4.69, 9.17) is 5.73 Å². The van der Waals surface area contributed by atoms with Gasteiger partial charge in [-0.2, -0.15) is 13.2 Å². The molecule has 0 aliphatic carbocycles. The lowest BCUT2D eigenvalue weighted by Crippen LogP contribution is -2.15. The number of benzene rings is 1. The van der Waals surface area contributed by atoms with Gasteiger partial charge in [-0.25, -0.2) is 0 Å². The van der Waals surface area contributed by atoms with Crippen LogP contribution in [0.25, 0.3) is 0 Å². The highest BCUT2D eigenvalue weighted by atomic mass is 19.4. The Kier molecular flexibility index (Phi) is 4.76. The molecule has 0 aromatic heterocycles. The first-order valence-electron chi connectivity index (χ1n) is 5.86. The molecule has 1 amide bonds. The summed E-state index contributed by atoms with van der Waals surface area (Å²) < 4.78 is 37.7. The Balaban J connectivity index is 3.04. The van der Waals surface area contributed by atoms with E-state index < -0.39 is 17.6 Å². The molecule has 2 nitrogen and oxygen atoms in total. The number of halogens is 3. The summed E-state index contributed by atoms with van der Waals surface area (Å²) in [4.78, 5) is 11.2. The Morgan fingerprint density at radius 1 is 1.28 bits per heavy atom. The van der Waals surface area contributed by atoms with Crippen LogP contribution >= 0.6 is 0 Å². The number of carbonyl (C=O) groups is 1. The zero-order chi connectivity index (χ0) is 13.8. The minimum Gasteiger partial charge on any atom is -0.366 e. The van der Waals surface area contributed by atoms with Crippen molar-refractivity contribution in [2.45, 2.75) is 38.8 Å². The molecule has 0 aliphatic rings. The lowest BCUT2D eigenvalue weighted by atomic mass is 9.98. The van der Waals surface area contributed by atoms with Crippen molar-refractivity contribution in [3.05, 3.63) is 34.9 Å². The van der Waals surface area contributed by atoms with E-state index in [1.54, 1.807) is 0 Å². The van der Waals surface area contributed by atoms with Crippen LogP contribution in [0.2, 0.25) is 0 Å². The molecule has 1 rings (SSSR count). The Hall–Kier alpha value is -1.52. The van der Waals surface area contributed by atoms with Crippen molar-refractivity contribution < 1.29 is 18.0 Å². The summed E-state index contributed by atoms with van der Waals surface area (Å²) in [5.74, 6) is -0.685. The summed E-state index contributed by atoms with van der Waals surface area (Å²) in [6.07, 6.45) is -1.33. The molecule has 2 N–H and O–H groups in total. The molecule has 0 atom stereocenters. The van der Waals surface area contributed by atoms with Crippen molar-refractivity contribution in [3.8, 4) is 0 Å².